The minimum atomic E-state index is -1.12. The van der Waals surface area contributed by atoms with Crippen LogP contribution < -0.4 is 0 Å². The third-order valence-electron chi connectivity index (χ3n) is 2.41. The number of carboxylic acids is 1. The number of aliphatic hydroxyl groups excluding tert-OH is 1. The van der Waals surface area contributed by atoms with E-state index in [2.05, 4.69) is 4.74 Å². The van der Waals surface area contributed by atoms with Gasteiger partial charge in [0.1, 0.15) is 6.29 Å². The molecule has 2 N–H and O–H groups in total. The molecule has 0 aliphatic heterocycles. The summed E-state index contributed by atoms with van der Waals surface area (Å²) in [5, 5.41) is 18.0. The molecule has 0 saturated heterocycles. The molecule has 0 fully saturated rings. The van der Waals surface area contributed by atoms with Crippen LogP contribution in [0.2, 0.25) is 0 Å². The molecule has 0 spiro atoms. The lowest BCUT2D eigenvalue weighted by atomic mass is 9.99. The number of thioether (sulfide) groups is 1. The maximum absolute atomic E-state index is 11.0. The van der Waals surface area contributed by atoms with Crippen LogP contribution in [0.15, 0.2) is 11.0 Å². The predicted octanol–water partition coefficient (Wildman–Crippen LogP) is 0.837. The molecule has 0 aromatic carbocycles. The third-order valence-corrected chi connectivity index (χ3v) is 3.48. The standard InChI is InChI=1S/C12H18O6S/c1-8(14)9(6-13)3-4-10(5-11(15)16)19-7-12(17)18-2/h5-6,8-9,14H,3-4,7H2,1-2H3,(H,15,16)/b10-5-/t8-,9-/m1/s1. The maximum atomic E-state index is 11.0. The Balaban J connectivity index is 4.48. The summed E-state index contributed by atoms with van der Waals surface area (Å²) < 4.78 is 4.46. The van der Waals surface area contributed by atoms with Crippen LogP contribution in [-0.2, 0) is 19.1 Å². The van der Waals surface area contributed by atoms with Gasteiger partial charge in [-0.15, -0.1) is 11.8 Å². The van der Waals surface area contributed by atoms with Gasteiger partial charge in [0.25, 0.3) is 0 Å². The van der Waals surface area contributed by atoms with Crippen molar-refractivity contribution in [3.63, 3.8) is 0 Å². The normalized spacial score (nSPS) is 14.6. The molecule has 7 heteroatoms. The van der Waals surface area contributed by atoms with Gasteiger partial charge < -0.3 is 19.7 Å². The van der Waals surface area contributed by atoms with E-state index in [1.807, 2.05) is 0 Å². The fraction of sp³-hybridized carbons (Fsp3) is 0.583. The minimum absolute atomic E-state index is 0.00997. The Morgan fingerprint density at radius 3 is 2.47 bits per heavy atom. The average Bonchev–Trinajstić information content (AvgIpc) is 2.34. The second-order valence-electron chi connectivity index (χ2n) is 3.89. The van der Waals surface area contributed by atoms with E-state index in [9.17, 15) is 19.5 Å². The van der Waals surface area contributed by atoms with Crippen LogP contribution in [0.5, 0.6) is 0 Å². The lowest BCUT2D eigenvalue weighted by molar-refractivity contribution is -0.137. The molecule has 6 nitrogen and oxygen atoms in total. The monoisotopic (exact) mass is 290 g/mol. The molecule has 19 heavy (non-hydrogen) atoms. The average molecular weight is 290 g/mol. The number of carboxylic acid groups (broad SMARTS) is 1. The smallest absolute Gasteiger partial charge is 0.329 e. The lowest BCUT2D eigenvalue weighted by Gasteiger charge is -2.13. The van der Waals surface area contributed by atoms with Crippen LogP contribution in [0, 0.1) is 5.92 Å². The van der Waals surface area contributed by atoms with Gasteiger partial charge in [0.15, 0.2) is 0 Å². The van der Waals surface area contributed by atoms with E-state index in [0.717, 1.165) is 17.8 Å². The molecule has 0 unspecified atom stereocenters. The quantitative estimate of drug-likeness (QED) is 0.368. The van der Waals surface area contributed by atoms with Crippen molar-refractivity contribution >= 4 is 30.0 Å². The van der Waals surface area contributed by atoms with Crippen molar-refractivity contribution in [1.82, 2.24) is 0 Å². The summed E-state index contributed by atoms with van der Waals surface area (Å²) in [6.45, 7) is 1.50. The van der Waals surface area contributed by atoms with Crippen molar-refractivity contribution in [3.05, 3.63) is 11.0 Å². The van der Waals surface area contributed by atoms with Crippen molar-refractivity contribution < 1.29 is 29.3 Å². The van der Waals surface area contributed by atoms with Crippen molar-refractivity contribution in [2.75, 3.05) is 12.9 Å². The van der Waals surface area contributed by atoms with E-state index in [1.54, 1.807) is 0 Å². The fourth-order valence-electron chi connectivity index (χ4n) is 1.27. The maximum Gasteiger partial charge on any atom is 0.329 e. The fourth-order valence-corrected chi connectivity index (χ4v) is 2.13. The first-order chi connectivity index (χ1) is 8.90. The van der Waals surface area contributed by atoms with Gasteiger partial charge >= 0.3 is 11.9 Å². The third kappa shape index (κ3) is 8.39. The summed E-state index contributed by atoms with van der Waals surface area (Å²) >= 11 is 1.05. The largest absolute Gasteiger partial charge is 0.478 e. The summed E-state index contributed by atoms with van der Waals surface area (Å²) in [7, 11) is 1.25. The van der Waals surface area contributed by atoms with Gasteiger partial charge in [-0.2, -0.15) is 0 Å². The van der Waals surface area contributed by atoms with E-state index in [0.29, 0.717) is 24.0 Å². The van der Waals surface area contributed by atoms with Gasteiger partial charge in [0.05, 0.1) is 19.0 Å². The van der Waals surface area contributed by atoms with Crippen LogP contribution in [0.25, 0.3) is 0 Å². The second-order valence-corrected chi connectivity index (χ2v) is 4.99. The number of ether oxygens (including phenoxy) is 1. The van der Waals surface area contributed by atoms with Gasteiger partial charge in [-0.25, -0.2) is 4.79 Å². The zero-order valence-electron chi connectivity index (χ0n) is 10.9. The van der Waals surface area contributed by atoms with Crippen LogP contribution in [0.1, 0.15) is 19.8 Å². The molecule has 0 radical (unpaired) electrons. The van der Waals surface area contributed by atoms with Gasteiger partial charge in [0.2, 0.25) is 0 Å². The molecule has 0 saturated carbocycles. The van der Waals surface area contributed by atoms with E-state index >= 15 is 0 Å². The number of hydrogen-bond donors (Lipinski definition) is 2. The number of esters is 1. The Bertz CT molecular complexity index is 350. The van der Waals surface area contributed by atoms with Crippen molar-refractivity contribution in [3.8, 4) is 0 Å². The number of aliphatic carboxylic acids is 1. The Kier molecular flexibility index (Phi) is 8.90. The Morgan fingerprint density at radius 2 is 2.05 bits per heavy atom. The number of carbonyl (C=O) groups excluding carboxylic acids is 2. The van der Waals surface area contributed by atoms with Gasteiger partial charge in [-0.05, 0) is 24.7 Å². The number of hydrogen-bond acceptors (Lipinski definition) is 6. The summed E-state index contributed by atoms with van der Waals surface area (Å²) in [4.78, 5) is 32.8. The van der Waals surface area contributed by atoms with Gasteiger partial charge in [-0.3, -0.25) is 4.79 Å². The molecular formula is C12H18O6S. The molecule has 0 aromatic heterocycles. The molecule has 2 atom stereocenters. The molecule has 0 aliphatic rings. The van der Waals surface area contributed by atoms with E-state index < -0.39 is 24.0 Å². The molecule has 0 aliphatic carbocycles. The van der Waals surface area contributed by atoms with Crippen LogP contribution in [-0.4, -0.2) is 47.4 Å². The van der Waals surface area contributed by atoms with Gasteiger partial charge in [-0.1, -0.05) is 0 Å². The Hall–Kier alpha value is -1.34. The zero-order chi connectivity index (χ0) is 14.8. The van der Waals surface area contributed by atoms with Crippen LogP contribution in [0.4, 0.5) is 0 Å². The van der Waals surface area contributed by atoms with E-state index in [1.165, 1.54) is 14.0 Å². The number of methoxy groups -OCH3 is 1. The first kappa shape index (κ1) is 17.7. The summed E-state index contributed by atoms with van der Waals surface area (Å²) in [6.07, 6.45) is 1.50. The van der Waals surface area contributed by atoms with Crippen molar-refractivity contribution in [1.29, 1.82) is 0 Å². The molecule has 0 heterocycles. The summed E-state index contributed by atoms with van der Waals surface area (Å²) in [6, 6.07) is 0. The second kappa shape index (κ2) is 9.57. The highest BCUT2D eigenvalue weighted by molar-refractivity contribution is 8.03. The highest BCUT2D eigenvalue weighted by Crippen LogP contribution is 2.24. The number of aliphatic hydroxyl groups is 1. The number of rotatable bonds is 9. The Morgan fingerprint density at radius 1 is 1.42 bits per heavy atom. The number of carbonyl (C=O) groups is 3. The highest BCUT2D eigenvalue weighted by atomic mass is 32.2. The van der Waals surface area contributed by atoms with Crippen LogP contribution in [0.3, 0.4) is 0 Å². The van der Waals surface area contributed by atoms with Crippen LogP contribution >= 0.6 is 11.8 Å². The molecule has 0 rings (SSSR count). The summed E-state index contributed by atoms with van der Waals surface area (Å²) in [5.41, 5.74) is 0. The highest BCUT2D eigenvalue weighted by Gasteiger charge is 2.15. The Labute approximate surface area is 115 Å². The van der Waals surface area contributed by atoms with Crippen molar-refractivity contribution in [2.24, 2.45) is 5.92 Å². The SMILES string of the molecule is COC(=O)CS/C(=C\C(=O)O)CC[C@H](C=O)[C@@H](C)O. The molecule has 108 valence electrons. The first-order valence-electron chi connectivity index (χ1n) is 5.67. The number of aldehydes is 1. The van der Waals surface area contributed by atoms with Gasteiger partial charge in [0, 0.05) is 12.0 Å². The number of allylic oxidation sites excluding steroid dienone is 1. The zero-order valence-corrected chi connectivity index (χ0v) is 11.7. The topological polar surface area (TPSA) is 101 Å². The molecule has 0 bridgehead atoms. The molecule has 0 aromatic rings. The van der Waals surface area contributed by atoms with E-state index in [-0.39, 0.29) is 5.75 Å². The molecular weight excluding hydrogens is 272 g/mol. The van der Waals surface area contributed by atoms with E-state index in [4.69, 9.17) is 5.11 Å². The lowest BCUT2D eigenvalue weighted by Crippen LogP contribution is -2.18. The van der Waals surface area contributed by atoms with Crippen molar-refractivity contribution in [2.45, 2.75) is 25.9 Å². The summed E-state index contributed by atoms with van der Waals surface area (Å²) in [5.74, 6) is -2.11. The predicted molar refractivity (Wildman–Crippen MR) is 70.7 cm³/mol. The molecule has 0 amide bonds. The first-order valence-corrected chi connectivity index (χ1v) is 6.65. The minimum Gasteiger partial charge on any atom is -0.478 e.